The summed E-state index contributed by atoms with van der Waals surface area (Å²) in [4.78, 5) is 18.3. The summed E-state index contributed by atoms with van der Waals surface area (Å²) in [5.41, 5.74) is 3.48. The molecule has 0 bridgehead atoms. The SMILES string of the molecule is O=C(Nc1nc(-c2ccccc2)c(-c2ccccc2)s1)c1ccc(Cl)cc1. The summed E-state index contributed by atoms with van der Waals surface area (Å²) in [6.07, 6.45) is 0. The predicted octanol–water partition coefficient (Wildman–Crippen LogP) is 6.38. The Labute approximate surface area is 166 Å². The number of rotatable bonds is 4. The standard InChI is InChI=1S/C22H15ClN2OS/c23-18-13-11-17(12-14-18)21(26)25-22-24-19(15-7-3-1-4-8-15)20(27-22)16-9-5-2-6-10-16/h1-14H,(H,24,25,26). The third-order valence-corrected chi connectivity index (χ3v) is 5.31. The smallest absolute Gasteiger partial charge is 0.257 e. The van der Waals surface area contributed by atoms with Crippen LogP contribution in [0.1, 0.15) is 10.4 Å². The van der Waals surface area contributed by atoms with Crippen molar-refractivity contribution in [1.29, 1.82) is 0 Å². The maximum Gasteiger partial charge on any atom is 0.257 e. The molecular weight excluding hydrogens is 376 g/mol. The Morgan fingerprint density at radius 3 is 2.04 bits per heavy atom. The number of hydrogen-bond acceptors (Lipinski definition) is 3. The van der Waals surface area contributed by atoms with Crippen molar-refractivity contribution in [3.05, 3.63) is 95.5 Å². The van der Waals surface area contributed by atoms with Crippen molar-refractivity contribution in [1.82, 2.24) is 4.98 Å². The van der Waals surface area contributed by atoms with E-state index in [1.807, 2.05) is 60.7 Å². The van der Waals surface area contributed by atoms with Crippen LogP contribution < -0.4 is 5.32 Å². The van der Waals surface area contributed by atoms with Gasteiger partial charge in [-0.1, -0.05) is 83.6 Å². The Balaban J connectivity index is 1.71. The van der Waals surface area contributed by atoms with E-state index in [9.17, 15) is 4.79 Å². The van der Waals surface area contributed by atoms with Crippen molar-refractivity contribution in [2.45, 2.75) is 0 Å². The maximum atomic E-state index is 12.5. The van der Waals surface area contributed by atoms with E-state index in [0.717, 1.165) is 21.7 Å². The van der Waals surface area contributed by atoms with Crippen LogP contribution in [0.3, 0.4) is 0 Å². The third kappa shape index (κ3) is 3.92. The minimum absolute atomic E-state index is 0.209. The summed E-state index contributed by atoms with van der Waals surface area (Å²) in [7, 11) is 0. The van der Waals surface area contributed by atoms with Gasteiger partial charge in [-0.3, -0.25) is 10.1 Å². The van der Waals surface area contributed by atoms with E-state index in [1.54, 1.807) is 24.3 Å². The van der Waals surface area contributed by atoms with Gasteiger partial charge < -0.3 is 0 Å². The molecule has 27 heavy (non-hydrogen) atoms. The van der Waals surface area contributed by atoms with Crippen LogP contribution >= 0.6 is 22.9 Å². The number of amides is 1. The van der Waals surface area contributed by atoms with Gasteiger partial charge in [-0.15, -0.1) is 0 Å². The van der Waals surface area contributed by atoms with Gasteiger partial charge in [0, 0.05) is 16.1 Å². The first-order chi connectivity index (χ1) is 13.2. The first kappa shape index (κ1) is 17.5. The molecule has 4 rings (SSSR count). The van der Waals surface area contributed by atoms with E-state index in [-0.39, 0.29) is 5.91 Å². The van der Waals surface area contributed by atoms with Gasteiger partial charge in [0.15, 0.2) is 5.13 Å². The third-order valence-electron chi connectivity index (χ3n) is 4.04. The molecule has 0 aliphatic carbocycles. The zero-order valence-electron chi connectivity index (χ0n) is 14.2. The average molecular weight is 391 g/mol. The van der Waals surface area contributed by atoms with Crippen molar-refractivity contribution >= 4 is 34.0 Å². The monoisotopic (exact) mass is 390 g/mol. The van der Waals surface area contributed by atoms with Crippen LogP contribution in [0.2, 0.25) is 5.02 Å². The van der Waals surface area contributed by atoms with E-state index in [0.29, 0.717) is 15.7 Å². The van der Waals surface area contributed by atoms with Gasteiger partial charge >= 0.3 is 0 Å². The summed E-state index contributed by atoms with van der Waals surface area (Å²) in [6.45, 7) is 0. The molecule has 0 atom stereocenters. The van der Waals surface area contributed by atoms with Crippen molar-refractivity contribution in [2.24, 2.45) is 0 Å². The number of nitrogens with zero attached hydrogens (tertiary/aromatic N) is 1. The zero-order valence-corrected chi connectivity index (χ0v) is 15.8. The first-order valence-corrected chi connectivity index (χ1v) is 9.59. The predicted molar refractivity (Wildman–Crippen MR) is 112 cm³/mol. The Kier molecular flexibility index (Phi) is 5.01. The van der Waals surface area contributed by atoms with Gasteiger partial charge in [-0.2, -0.15) is 0 Å². The highest BCUT2D eigenvalue weighted by molar-refractivity contribution is 7.19. The second kappa shape index (κ2) is 7.74. The highest BCUT2D eigenvalue weighted by Gasteiger charge is 2.16. The van der Waals surface area contributed by atoms with E-state index >= 15 is 0 Å². The van der Waals surface area contributed by atoms with Crippen molar-refractivity contribution in [3.8, 4) is 21.7 Å². The van der Waals surface area contributed by atoms with Crippen LogP contribution in [0.25, 0.3) is 21.7 Å². The molecule has 0 aliphatic heterocycles. The highest BCUT2D eigenvalue weighted by Crippen LogP contribution is 2.39. The second-order valence-corrected chi connectivity index (χ2v) is 7.33. The molecule has 5 heteroatoms. The molecule has 0 saturated heterocycles. The van der Waals surface area contributed by atoms with E-state index < -0.39 is 0 Å². The number of nitrogens with one attached hydrogen (secondary N) is 1. The van der Waals surface area contributed by atoms with E-state index in [1.165, 1.54) is 11.3 Å². The average Bonchev–Trinajstić information content (AvgIpc) is 3.13. The number of carbonyl (C=O) groups excluding carboxylic acids is 1. The van der Waals surface area contributed by atoms with Gasteiger partial charge in [0.25, 0.3) is 5.91 Å². The molecule has 1 heterocycles. The molecule has 1 aromatic heterocycles. The summed E-state index contributed by atoms with van der Waals surface area (Å²) >= 11 is 7.36. The Hall–Kier alpha value is -2.95. The van der Waals surface area contributed by atoms with Gasteiger partial charge in [0.1, 0.15) is 0 Å². The first-order valence-electron chi connectivity index (χ1n) is 8.39. The molecule has 0 spiro atoms. The van der Waals surface area contributed by atoms with Crippen LogP contribution in [0.5, 0.6) is 0 Å². The Bertz CT molecular complexity index is 1000. The number of halogens is 1. The van der Waals surface area contributed by atoms with Crippen molar-refractivity contribution in [2.75, 3.05) is 5.32 Å². The fraction of sp³-hybridized carbons (Fsp3) is 0. The lowest BCUT2D eigenvalue weighted by Gasteiger charge is -2.02. The zero-order chi connectivity index (χ0) is 18.6. The molecule has 3 aromatic carbocycles. The van der Waals surface area contributed by atoms with Crippen LogP contribution in [0, 0.1) is 0 Å². The molecule has 1 N–H and O–H groups in total. The van der Waals surface area contributed by atoms with E-state index in [4.69, 9.17) is 16.6 Å². The fourth-order valence-electron chi connectivity index (χ4n) is 2.72. The minimum Gasteiger partial charge on any atom is -0.298 e. The summed E-state index contributed by atoms with van der Waals surface area (Å²) in [6, 6.07) is 26.8. The van der Waals surface area contributed by atoms with Gasteiger partial charge in [-0.05, 0) is 29.8 Å². The lowest BCUT2D eigenvalue weighted by atomic mass is 10.1. The fourth-order valence-corrected chi connectivity index (χ4v) is 3.84. The number of anilines is 1. The normalized spacial score (nSPS) is 10.6. The number of benzene rings is 3. The molecule has 0 unspecified atom stereocenters. The van der Waals surface area contributed by atoms with Crippen LogP contribution in [0.15, 0.2) is 84.9 Å². The summed E-state index contributed by atoms with van der Waals surface area (Å²) < 4.78 is 0. The van der Waals surface area contributed by atoms with Gasteiger partial charge in [-0.25, -0.2) is 4.98 Å². The molecule has 1 amide bonds. The molecule has 4 aromatic rings. The van der Waals surface area contributed by atoms with Crippen molar-refractivity contribution < 1.29 is 4.79 Å². The Morgan fingerprint density at radius 1 is 0.815 bits per heavy atom. The molecule has 0 aliphatic rings. The van der Waals surface area contributed by atoms with E-state index in [2.05, 4.69) is 5.32 Å². The topological polar surface area (TPSA) is 42.0 Å². The van der Waals surface area contributed by atoms with Crippen LogP contribution in [-0.2, 0) is 0 Å². The lowest BCUT2D eigenvalue weighted by Crippen LogP contribution is -2.11. The van der Waals surface area contributed by atoms with Crippen LogP contribution in [0.4, 0.5) is 5.13 Å². The molecule has 0 saturated carbocycles. The maximum absolute atomic E-state index is 12.5. The molecule has 0 fully saturated rings. The van der Waals surface area contributed by atoms with Crippen LogP contribution in [-0.4, -0.2) is 10.9 Å². The number of thiazole rings is 1. The van der Waals surface area contributed by atoms with Gasteiger partial charge in [0.05, 0.1) is 10.6 Å². The summed E-state index contributed by atoms with van der Waals surface area (Å²) in [5.74, 6) is -0.209. The molecular formula is C22H15ClN2OS. The van der Waals surface area contributed by atoms with Crippen molar-refractivity contribution in [3.63, 3.8) is 0 Å². The number of carbonyl (C=O) groups is 1. The molecule has 132 valence electrons. The number of aromatic nitrogens is 1. The lowest BCUT2D eigenvalue weighted by molar-refractivity contribution is 0.102. The molecule has 3 nitrogen and oxygen atoms in total. The summed E-state index contributed by atoms with van der Waals surface area (Å²) in [5, 5.41) is 4.06. The second-order valence-electron chi connectivity index (χ2n) is 5.89. The Morgan fingerprint density at radius 2 is 1.41 bits per heavy atom. The molecule has 0 radical (unpaired) electrons. The van der Waals surface area contributed by atoms with Gasteiger partial charge in [0.2, 0.25) is 0 Å². The minimum atomic E-state index is -0.209. The quantitative estimate of drug-likeness (QED) is 0.439. The number of hydrogen-bond donors (Lipinski definition) is 1. The largest absolute Gasteiger partial charge is 0.298 e. The highest BCUT2D eigenvalue weighted by atomic mass is 35.5.